The van der Waals surface area contributed by atoms with E-state index in [0.29, 0.717) is 0 Å². The molecule has 0 unspecified atom stereocenters. The van der Waals surface area contributed by atoms with Crippen LogP contribution in [0.5, 0.6) is 0 Å². The molecule has 0 radical (unpaired) electrons. The Bertz CT molecular complexity index is 352. The van der Waals surface area contributed by atoms with Crippen LogP contribution in [0.15, 0.2) is 12.1 Å². The minimum Gasteiger partial charge on any atom is -0.382 e. The molecule has 0 atom stereocenters. The lowest BCUT2D eigenvalue weighted by molar-refractivity contribution is -0.384. The Hall–Kier alpha value is -1.65. The molecule has 0 aromatic heterocycles. The Morgan fingerprint density at radius 2 is 2.15 bits per heavy atom. The number of hydrogen-bond donors (Lipinski definition) is 1. The summed E-state index contributed by atoms with van der Waals surface area (Å²) in [6.07, 6.45) is 0. The van der Waals surface area contributed by atoms with Gasteiger partial charge < -0.3 is 5.32 Å². The first-order chi connectivity index (χ1) is 6.06. The van der Waals surface area contributed by atoms with Gasteiger partial charge >= 0.3 is 0 Å². The molecule has 0 aliphatic rings. The summed E-state index contributed by atoms with van der Waals surface area (Å²) in [5, 5.41) is 13.1. The van der Waals surface area contributed by atoms with Gasteiger partial charge in [0.1, 0.15) is 11.5 Å². The van der Waals surface area contributed by atoms with Crippen LogP contribution in [-0.2, 0) is 0 Å². The second-order valence-corrected chi connectivity index (χ2v) is 2.63. The second-order valence-electron chi connectivity index (χ2n) is 2.63. The highest BCUT2D eigenvalue weighted by molar-refractivity contribution is 5.62. The van der Waals surface area contributed by atoms with Crippen molar-refractivity contribution >= 4 is 11.4 Å². The Balaban J connectivity index is 3.33. The molecule has 1 N–H and O–H groups in total. The van der Waals surface area contributed by atoms with Crippen molar-refractivity contribution in [2.75, 3.05) is 12.4 Å². The number of aryl methyl sites for hydroxylation is 1. The minimum absolute atomic E-state index is 0.110. The van der Waals surface area contributed by atoms with Gasteiger partial charge in [-0.25, -0.2) is 4.39 Å². The highest BCUT2D eigenvalue weighted by atomic mass is 19.1. The molecule has 0 aliphatic carbocycles. The third-order valence-electron chi connectivity index (χ3n) is 1.74. The van der Waals surface area contributed by atoms with Crippen molar-refractivity contribution in [1.29, 1.82) is 0 Å². The van der Waals surface area contributed by atoms with E-state index in [4.69, 9.17) is 0 Å². The standard InChI is InChI=1S/C8H9FN2O2/c1-5-3-8(11(12)13)7(10-2)4-6(5)9/h3-4,10H,1-2H3. The predicted octanol–water partition coefficient (Wildman–Crippen LogP) is 2.08. The van der Waals surface area contributed by atoms with Gasteiger partial charge in [0.2, 0.25) is 0 Å². The maximum absolute atomic E-state index is 12.9. The summed E-state index contributed by atoms with van der Waals surface area (Å²) in [5.74, 6) is -0.449. The third kappa shape index (κ3) is 1.74. The number of nitrogens with zero attached hydrogens (tertiary/aromatic N) is 1. The Morgan fingerprint density at radius 1 is 1.54 bits per heavy atom. The number of halogens is 1. The number of nitrogens with one attached hydrogen (secondary N) is 1. The zero-order valence-electron chi connectivity index (χ0n) is 7.30. The van der Waals surface area contributed by atoms with E-state index in [1.54, 1.807) is 0 Å². The Morgan fingerprint density at radius 3 is 2.62 bits per heavy atom. The maximum Gasteiger partial charge on any atom is 0.292 e. The summed E-state index contributed by atoms with van der Waals surface area (Å²) in [6, 6.07) is 2.33. The van der Waals surface area contributed by atoms with Gasteiger partial charge in [0, 0.05) is 19.2 Å². The first-order valence-electron chi connectivity index (χ1n) is 3.68. The maximum atomic E-state index is 12.9. The zero-order chi connectivity index (χ0) is 10.0. The summed E-state index contributed by atoms with van der Waals surface area (Å²) in [4.78, 5) is 9.94. The van der Waals surface area contributed by atoms with Crippen molar-refractivity contribution in [3.8, 4) is 0 Å². The van der Waals surface area contributed by atoms with Gasteiger partial charge in [0.05, 0.1) is 4.92 Å². The first kappa shape index (κ1) is 9.44. The van der Waals surface area contributed by atoms with Gasteiger partial charge in [-0.1, -0.05) is 0 Å². The van der Waals surface area contributed by atoms with Crippen LogP contribution in [-0.4, -0.2) is 12.0 Å². The smallest absolute Gasteiger partial charge is 0.292 e. The molecule has 1 rings (SSSR count). The van der Waals surface area contributed by atoms with E-state index in [2.05, 4.69) is 5.32 Å². The molecule has 13 heavy (non-hydrogen) atoms. The van der Waals surface area contributed by atoms with E-state index in [9.17, 15) is 14.5 Å². The van der Waals surface area contributed by atoms with Crippen molar-refractivity contribution < 1.29 is 9.31 Å². The molecule has 0 saturated carbocycles. The first-order valence-corrected chi connectivity index (χ1v) is 3.68. The second kappa shape index (κ2) is 3.38. The van der Waals surface area contributed by atoms with E-state index in [0.717, 1.165) is 6.07 Å². The molecule has 4 nitrogen and oxygen atoms in total. The molecule has 0 bridgehead atoms. The lowest BCUT2D eigenvalue weighted by atomic mass is 10.2. The Kier molecular flexibility index (Phi) is 2.46. The van der Waals surface area contributed by atoms with E-state index in [1.807, 2.05) is 0 Å². The van der Waals surface area contributed by atoms with E-state index in [1.165, 1.54) is 20.0 Å². The van der Waals surface area contributed by atoms with Crippen LogP contribution < -0.4 is 5.32 Å². The summed E-state index contributed by atoms with van der Waals surface area (Å²) in [7, 11) is 1.51. The lowest BCUT2D eigenvalue weighted by Gasteiger charge is -2.03. The monoisotopic (exact) mass is 184 g/mol. The van der Waals surface area contributed by atoms with Crippen molar-refractivity contribution in [2.24, 2.45) is 0 Å². The molecule has 70 valence electrons. The van der Waals surface area contributed by atoms with Gasteiger partial charge in [-0.15, -0.1) is 0 Å². The van der Waals surface area contributed by atoms with E-state index < -0.39 is 10.7 Å². The van der Waals surface area contributed by atoms with Gasteiger partial charge in [-0.2, -0.15) is 0 Å². The topological polar surface area (TPSA) is 55.2 Å². The molecule has 1 aromatic rings. The van der Waals surface area contributed by atoms with Crippen LogP contribution in [0.2, 0.25) is 0 Å². The average Bonchev–Trinajstić information content (AvgIpc) is 2.08. The molecule has 0 amide bonds. The fourth-order valence-electron chi connectivity index (χ4n) is 1.02. The summed E-state index contributed by atoms with van der Waals surface area (Å²) >= 11 is 0. The van der Waals surface area contributed by atoms with E-state index in [-0.39, 0.29) is 16.9 Å². The number of hydrogen-bond acceptors (Lipinski definition) is 3. The third-order valence-corrected chi connectivity index (χ3v) is 1.74. The van der Waals surface area contributed by atoms with Crippen LogP contribution in [0, 0.1) is 22.9 Å². The van der Waals surface area contributed by atoms with Gasteiger partial charge in [0.25, 0.3) is 5.69 Å². The molecule has 0 saturated heterocycles. The molecular weight excluding hydrogens is 175 g/mol. The fraction of sp³-hybridized carbons (Fsp3) is 0.250. The molecule has 0 spiro atoms. The molecule has 0 fully saturated rings. The Labute approximate surface area is 74.5 Å². The lowest BCUT2D eigenvalue weighted by Crippen LogP contribution is -1.98. The summed E-state index contributed by atoms with van der Waals surface area (Å²) < 4.78 is 12.9. The van der Waals surface area contributed by atoms with Crippen molar-refractivity contribution in [3.63, 3.8) is 0 Å². The highest BCUT2D eigenvalue weighted by Gasteiger charge is 2.15. The molecule has 5 heteroatoms. The predicted molar refractivity (Wildman–Crippen MR) is 47.3 cm³/mol. The minimum atomic E-state index is -0.543. The fourth-order valence-corrected chi connectivity index (χ4v) is 1.02. The van der Waals surface area contributed by atoms with Crippen molar-refractivity contribution in [3.05, 3.63) is 33.6 Å². The largest absolute Gasteiger partial charge is 0.382 e. The molecule has 0 aliphatic heterocycles. The molecule has 0 heterocycles. The van der Waals surface area contributed by atoms with Crippen LogP contribution in [0.4, 0.5) is 15.8 Å². The van der Waals surface area contributed by atoms with Gasteiger partial charge in [-0.05, 0) is 12.5 Å². The normalized spacial score (nSPS) is 9.77. The van der Waals surface area contributed by atoms with Crippen LogP contribution in [0.25, 0.3) is 0 Å². The van der Waals surface area contributed by atoms with Crippen LogP contribution in [0.3, 0.4) is 0 Å². The summed E-state index contributed by atoms with van der Waals surface area (Å²) in [5.41, 5.74) is 0.347. The number of nitro groups is 1. The zero-order valence-corrected chi connectivity index (χ0v) is 7.30. The van der Waals surface area contributed by atoms with Gasteiger partial charge in [-0.3, -0.25) is 10.1 Å². The van der Waals surface area contributed by atoms with Crippen molar-refractivity contribution in [1.82, 2.24) is 0 Å². The number of anilines is 1. The highest BCUT2D eigenvalue weighted by Crippen LogP contribution is 2.26. The van der Waals surface area contributed by atoms with Gasteiger partial charge in [0.15, 0.2) is 0 Å². The number of rotatable bonds is 2. The number of nitro benzene ring substituents is 1. The molecular formula is C8H9FN2O2. The van der Waals surface area contributed by atoms with Crippen LogP contribution >= 0.6 is 0 Å². The SMILES string of the molecule is CNc1cc(F)c(C)cc1[N+](=O)[O-]. The molecule has 1 aromatic carbocycles. The quantitative estimate of drug-likeness (QED) is 0.565. The van der Waals surface area contributed by atoms with Crippen molar-refractivity contribution in [2.45, 2.75) is 6.92 Å². The average molecular weight is 184 g/mol. The number of benzene rings is 1. The van der Waals surface area contributed by atoms with Crippen LogP contribution in [0.1, 0.15) is 5.56 Å². The van der Waals surface area contributed by atoms with E-state index >= 15 is 0 Å². The summed E-state index contributed by atoms with van der Waals surface area (Å²) in [6.45, 7) is 1.49.